The maximum absolute atomic E-state index is 12.4. The molecule has 7 heteroatoms. The van der Waals surface area contributed by atoms with Gasteiger partial charge in [-0.05, 0) is 40.0 Å². The number of rotatable bonds is 7. The second kappa shape index (κ2) is 9.49. The van der Waals surface area contributed by atoms with E-state index in [1.165, 1.54) is 0 Å². The number of hydrogen-bond acceptors (Lipinski definition) is 4. The third kappa shape index (κ3) is 5.69. The minimum absolute atomic E-state index is 0.0223. The molecule has 7 nitrogen and oxygen atoms in total. The lowest BCUT2D eigenvalue weighted by Crippen LogP contribution is -2.53. The van der Waals surface area contributed by atoms with Crippen LogP contribution in [0.5, 0.6) is 0 Å². The highest BCUT2D eigenvalue weighted by Crippen LogP contribution is 2.18. The van der Waals surface area contributed by atoms with Gasteiger partial charge in [-0.3, -0.25) is 9.59 Å². The summed E-state index contributed by atoms with van der Waals surface area (Å²) in [6.07, 6.45) is 2.91. The van der Waals surface area contributed by atoms with E-state index in [2.05, 4.69) is 10.6 Å². The summed E-state index contributed by atoms with van der Waals surface area (Å²) < 4.78 is 4.98. The first-order valence-corrected chi connectivity index (χ1v) is 8.83. The third-order valence-electron chi connectivity index (χ3n) is 4.31. The van der Waals surface area contributed by atoms with Crippen molar-refractivity contribution < 1.29 is 19.1 Å². The number of likely N-dealkylation sites (tertiary alicyclic amines) is 1. The van der Waals surface area contributed by atoms with Crippen LogP contribution in [0.25, 0.3) is 0 Å². The van der Waals surface area contributed by atoms with Gasteiger partial charge in [-0.15, -0.1) is 0 Å². The average molecular weight is 341 g/mol. The molecule has 3 amide bonds. The van der Waals surface area contributed by atoms with Crippen molar-refractivity contribution in [2.24, 2.45) is 5.41 Å². The summed E-state index contributed by atoms with van der Waals surface area (Å²) >= 11 is 0. The van der Waals surface area contributed by atoms with Crippen molar-refractivity contribution in [1.29, 1.82) is 0 Å². The second-order valence-corrected chi connectivity index (χ2v) is 6.67. The SMILES string of the molecule is CCCCNC(=O)C(C)(C)C(=O)NC1CCN(C(=O)OCC)CC1. The number of nitrogens with zero attached hydrogens (tertiary/aromatic N) is 1. The topological polar surface area (TPSA) is 87.7 Å². The minimum atomic E-state index is -1.11. The molecule has 1 fully saturated rings. The van der Waals surface area contributed by atoms with Gasteiger partial charge in [0.25, 0.3) is 0 Å². The smallest absolute Gasteiger partial charge is 0.409 e. The van der Waals surface area contributed by atoms with Gasteiger partial charge in [-0.25, -0.2) is 4.79 Å². The number of nitrogens with one attached hydrogen (secondary N) is 2. The Labute approximate surface area is 144 Å². The van der Waals surface area contributed by atoms with Gasteiger partial charge < -0.3 is 20.3 Å². The fourth-order valence-electron chi connectivity index (χ4n) is 2.49. The first kappa shape index (κ1) is 20.3. The molecule has 0 aliphatic carbocycles. The quantitative estimate of drug-likeness (QED) is 0.545. The number of ether oxygens (including phenoxy) is 1. The summed E-state index contributed by atoms with van der Waals surface area (Å²) in [6.45, 7) is 9.14. The molecule has 0 aromatic rings. The average Bonchev–Trinajstić information content (AvgIpc) is 2.55. The number of carbonyl (C=O) groups excluding carboxylic acids is 3. The van der Waals surface area contributed by atoms with Crippen molar-refractivity contribution in [3.05, 3.63) is 0 Å². The molecular formula is C17H31N3O4. The molecule has 1 saturated heterocycles. The van der Waals surface area contributed by atoms with E-state index < -0.39 is 5.41 Å². The Morgan fingerprint density at radius 2 is 1.75 bits per heavy atom. The molecule has 0 bridgehead atoms. The molecule has 0 atom stereocenters. The maximum Gasteiger partial charge on any atom is 0.409 e. The van der Waals surface area contributed by atoms with E-state index in [1.807, 2.05) is 6.92 Å². The van der Waals surface area contributed by atoms with Crippen LogP contribution >= 0.6 is 0 Å². The number of carbonyl (C=O) groups is 3. The fraction of sp³-hybridized carbons (Fsp3) is 0.824. The zero-order valence-electron chi connectivity index (χ0n) is 15.3. The largest absolute Gasteiger partial charge is 0.450 e. The Balaban J connectivity index is 2.44. The van der Waals surface area contributed by atoms with Gasteiger partial charge in [-0.1, -0.05) is 13.3 Å². The summed E-state index contributed by atoms with van der Waals surface area (Å²) in [7, 11) is 0. The predicted octanol–water partition coefficient (Wildman–Crippen LogP) is 1.67. The van der Waals surface area contributed by atoms with E-state index >= 15 is 0 Å². The summed E-state index contributed by atoms with van der Waals surface area (Å²) in [5, 5.41) is 5.75. The van der Waals surface area contributed by atoms with E-state index in [0.717, 1.165) is 12.8 Å². The van der Waals surface area contributed by atoms with Crippen molar-refractivity contribution >= 4 is 17.9 Å². The zero-order chi connectivity index (χ0) is 18.2. The van der Waals surface area contributed by atoms with Gasteiger partial charge in [0.2, 0.25) is 11.8 Å². The fourth-order valence-corrected chi connectivity index (χ4v) is 2.49. The number of unbranched alkanes of at least 4 members (excludes halogenated alkanes) is 1. The normalized spacial score (nSPS) is 15.8. The van der Waals surface area contributed by atoms with E-state index in [0.29, 0.717) is 39.1 Å². The summed E-state index contributed by atoms with van der Waals surface area (Å²) in [4.78, 5) is 38.0. The van der Waals surface area contributed by atoms with E-state index in [4.69, 9.17) is 4.74 Å². The molecule has 1 rings (SSSR count). The minimum Gasteiger partial charge on any atom is -0.450 e. The van der Waals surface area contributed by atoms with Crippen LogP contribution in [0.3, 0.4) is 0 Å². The highest BCUT2D eigenvalue weighted by atomic mass is 16.6. The molecule has 0 aromatic carbocycles. The Kier molecular flexibility index (Phi) is 8.01. The maximum atomic E-state index is 12.4. The molecule has 2 N–H and O–H groups in total. The highest BCUT2D eigenvalue weighted by molar-refractivity contribution is 6.04. The zero-order valence-corrected chi connectivity index (χ0v) is 15.3. The van der Waals surface area contributed by atoms with Gasteiger partial charge in [0.05, 0.1) is 6.61 Å². The molecule has 1 heterocycles. The molecule has 1 aliphatic heterocycles. The van der Waals surface area contributed by atoms with Crippen LogP contribution in [-0.4, -0.2) is 55.1 Å². The Morgan fingerprint density at radius 3 is 2.29 bits per heavy atom. The van der Waals surface area contributed by atoms with Crippen LogP contribution in [0.15, 0.2) is 0 Å². The lowest BCUT2D eigenvalue weighted by molar-refractivity contribution is -0.141. The molecule has 24 heavy (non-hydrogen) atoms. The summed E-state index contributed by atoms with van der Waals surface area (Å²) in [5.41, 5.74) is -1.11. The molecular weight excluding hydrogens is 310 g/mol. The summed E-state index contributed by atoms with van der Waals surface area (Å²) in [6, 6.07) is -0.0223. The first-order valence-electron chi connectivity index (χ1n) is 8.83. The molecule has 0 aromatic heterocycles. The third-order valence-corrected chi connectivity index (χ3v) is 4.31. The van der Waals surface area contributed by atoms with E-state index in [-0.39, 0.29) is 23.9 Å². The summed E-state index contributed by atoms with van der Waals surface area (Å²) in [5.74, 6) is -0.525. The van der Waals surface area contributed by atoms with Crippen LogP contribution in [-0.2, 0) is 14.3 Å². The standard InChI is InChI=1S/C17H31N3O4/c1-5-7-10-18-14(21)17(3,4)15(22)19-13-8-11-20(12-9-13)16(23)24-6-2/h13H,5-12H2,1-4H3,(H,18,21)(H,19,22). The molecule has 138 valence electrons. The van der Waals surface area contributed by atoms with Gasteiger partial charge in [0.1, 0.15) is 5.41 Å². The monoisotopic (exact) mass is 341 g/mol. The van der Waals surface area contributed by atoms with Crippen LogP contribution < -0.4 is 10.6 Å². The molecule has 1 aliphatic rings. The number of amides is 3. The van der Waals surface area contributed by atoms with Gasteiger partial charge in [-0.2, -0.15) is 0 Å². The molecule has 0 spiro atoms. The molecule has 0 unspecified atom stereocenters. The Bertz CT molecular complexity index is 443. The van der Waals surface area contributed by atoms with E-state index in [9.17, 15) is 14.4 Å². The van der Waals surface area contributed by atoms with Crippen molar-refractivity contribution in [1.82, 2.24) is 15.5 Å². The first-order chi connectivity index (χ1) is 11.3. The van der Waals surface area contributed by atoms with Gasteiger partial charge in [0.15, 0.2) is 0 Å². The predicted molar refractivity (Wildman–Crippen MR) is 91.5 cm³/mol. The Hall–Kier alpha value is -1.79. The molecule has 0 radical (unpaired) electrons. The van der Waals surface area contributed by atoms with Crippen molar-refractivity contribution in [3.8, 4) is 0 Å². The van der Waals surface area contributed by atoms with Crippen molar-refractivity contribution in [3.63, 3.8) is 0 Å². The van der Waals surface area contributed by atoms with Crippen LogP contribution in [0.4, 0.5) is 4.79 Å². The molecule has 0 saturated carbocycles. The van der Waals surface area contributed by atoms with Gasteiger partial charge in [0, 0.05) is 25.7 Å². The van der Waals surface area contributed by atoms with Gasteiger partial charge >= 0.3 is 6.09 Å². The lowest BCUT2D eigenvalue weighted by Gasteiger charge is -2.33. The van der Waals surface area contributed by atoms with Crippen molar-refractivity contribution in [2.75, 3.05) is 26.2 Å². The van der Waals surface area contributed by atoms with Crippen LogP contribution in [0.2, 0.25) is 0 Å². The van der Waals surface area contributed by atoms with E-state index in [1.54, 1.807) is 25.7 Å². The second-order valence-electron chi connectivity index (χ2n) is 6.67. The van der Waals surface area contributed by atoms with Crippen molar-refractivity contribution in [2.45, 2.75) is 59.4 Å². The Morgan fingerprint density at radius 1 is 1.12 bits per heavy atom. The number of hydrogen-bond donors (Lipinski definition) is 2. The lowest BCUT2D eigenvalue weighted by atomic mass is 9.90. The van der Waals surface area contributed by atoms with Crippen LogP contribution in [0, 0.1) is 5.41 Å². The highest BCUT2D eigenvalue weighted by Gasteiger charge is 2.37. The van der Waals surface area contributed by atoms with Crippen LogP contribution in [0.1, 0.15) is 53.4 Å². The number of piperidine rings is 1.